The normalized spacial score (nSPS) is 11.5. The monoisotopic (exact) mass is 410 g/mol. The Morgan fingerprint density at radius 1 is 1.12 bits per heavy atom. The van der Waals surface area contributed by atoms with Crippen molar-refractivity contribution in [2.75, 3.05) is 0 Å². The highest BCUT2D eigenvalue weighted by Crippen LogP contribution is 2.18. The maximum absolute atomic E-state index is 12.0. The molecule has 0 radical (unpaired) electrons. The van der Waals surface area contributed by atoms with Crippen molar-refractivity contribution >= 4 is 39.3 Å². The lowest BCUT2D eigenvalue weighted by molar-refractivity contribution is -0.128. The lowest BCUT2D eigenvalue weighted by atomic mass is 10.1. The van der Waals surface area contributed by atoms with Crippen molar-refractivity contribution in [1.29, 1.82) is 0 Å². The van der Waals surface area contributed by atoms with Gasteiger partial charge in [0.15, 0.2) is 6.10 Å². The van der Waals surface area contributed by atoms with Crippen molar-refractivity contribution in [3.05, 3.63) is 63.1 Å². The highest BCUT2D eigenvalue weighted by atomic mass is 79.9. The van der Waals surface area contributed by atoms with Gasteiger partial charge in [0, 0.05) is 15.1 Å². The van der Waals surface area contributed by atoms with Gasteiger partial charge in [0.05, 0.1) is 0 Å². The minimum atomic E-state index is -0.781. The Bertz CT molecular complexity index is 750. The summed E-state index contributed by atoms with van der Waals surface area (Å²) in [6.07, 6.45) is -0.781. The van der Waals surface area contributed by atoms with E-state index in [1.165, 1.54) is 0 Å². The molecular weight excluding hydrogens is 396 g/mol. The van der Waals surface area contributed by atoms with Crippen LogP contribution in [0, 0.1) is 6.92 Å². The maximum atomic E-state index is 12.0. The van der Waals surface area contributed by atoms with Crippen molar-refractivity contribution in [1.82, 2.24) is 10.9 Å². The highest BCUT2D eigenvalue weighted by Gasteiger charge is 2.16. The van der Waals surface area contributed by atoms with Gasteiger partial charge in [0.1, 0.15) is 5.75 Å². The maximum Gasteiger partial charge on any atom is 0.279 e. The molecule has 0 aliphatic heterocycles. The minimum Gasteiger partial charge on any atom is -0.481 e. The van der Waals surface area contributed by atoms with Crippen LogP contribution in [-0.4, -0.2) is 17.9 Å². The third kappa shape index (κ3) is 4.97. The molecule has 0 aromatic heterocycles. The number of halogens is 2. The SMILES string of the molecule is Cc1ccc(C(=O)NNC(=O)C(C)Oc2ccc(Cl)cc2)cc1Br. The zero-order valence-electron chi connectivity index (χ0n) is 13.1. The van der Waals surface area contributed by atoms with Crippen LogP contribution >= 0.6 is 27.5 Å². The molecule has 2 rings (SSSR count). The Balaban J connectivity index is 1.88. The van der Waals surface area contributed by atoms with E-state index in [2.05, 4.69) is 26.8 Å². The predicted molar refractivity (Wildman–Crippen MR) is 96.0 cm³/mol. The summed E-state index contributed by atoms with van der Waals surface area (Å²) in [5.74, 6) is -0.372. The molecule has 5 nitrogen and oxygen atoms in total. The van der Waals surface area contributed by atoms with Gasteiger partial charge >= 0.3 is 0 Å². The second-order valence-corrected chi connectivity index (χ2v) is 6.41. The van der Waals surface area contributed by atoms with Crippen LogP contribution in [0.2, 0.25) is 5.02 Å². The number of hydrogen-bond acceptors (Lipinski definition) is 3. The average molecular weight is 412 g/mol. The number of carbonyl (C=O) groups is 2. The van der Waals surface area contributed by atoms with Crippen LogP contribution in [0.5, 0.6) is 5.75 Å². The van der Waals surface area contributed by atoms with Crippen molar-refractivity contribution in [2.45, 2.75) is 20.0 Å². The highest BCUT2D eigenvalue weighted by molar-refractivity contribution is 9.10. The van der Waals surface area contributed by atoms with Crippen LogP contribution in [0.1, 0.15) is 22.8 Å². The molecule has 1 atom stereocenters. The topological polar surface area (TPSA) is 67.4 Å². The van der Waals surface area contributed by atoms with E-state index >= 15 is 0 Å². The van der Waals surface area contributed by atoms with Gasteiger partial charge in [-0.25, -0.2) is 0 Å². The van der Waals surface area contributed by atoms with Gasteiger partial charge in [-0.05, 0) is 55.8 Å². The number of nitrogens with one attached hydrogen (secondary N) is 2. The summed E-state index contributed by atoms with van der Waals surface area (Å²) in [4.78, 5) is 24.0. The van der Waals surface area contributed by atoms with Crippen LogP contribution in [0.15, 0.2) is 46.9 Å². The van der Waals surface area contributed by atoms with Gasteiger partial charge in [0.2, 0.25) is 0 Å². The standard InChI is InChI=1S/C17H16BrClN2O3/c1-10-3-4-12(9-15(10)18)17(23)21-20-16(22)11(2)24-14-7-5-13(19)6-8-14/h3-9,11H,1-2H3,(H,20,22)(H,21,23). The number of hydrogen-bond donors (Lipinski definition) is 2. The first kappa shape index (κ1) is 18.3. The Morgan fingerprint density at radius 2 is 1.79 bits per heavy atom. The second-order valence-electron chi connectivity index (χ2n) is 5.12. The summed E-state index contributed by atoms with van der Waals surface area (Å²) in [5.41, 5.74) is 6.15. The van der Waals surface area contributed by atoms with Crippen molar-refractivity contribution in [3.63, 3.8) is 0 Å². The minimum absolute atomic E-state index is 0.414. The molecule has 2 aromatic rings. The number of benzene rings is 2. The van der Waals surface area contributed by atoms with Crippen molar-refractivity contribution in [3.8, 4) is 5.75 Å². The predicted octanol–water partition coefficient (Wildman–Crippen LogP) is 3.64. The molecule has 0 bridgehead atoms. The molecular formula is C17H16BrClN2O3. The summed E-state index contributed by atoms with van der Waals surface area (Å²) in [6, 6.07) is 11.8. The first-order valence-electron chi connectivity index (χ1n) is 7.15. The van der Waals surface area contributed by atoms with Crippen molar-refractivity contribution in [2.24, 2.45) is 0 Å². The molecule has 0 saturated carbocycles. The number of ether oxygens (including phenoxy) is 1. The third-order valence-electron chi connectivity index (χ3n) is 3.23. The first-order valence-corrected chi connectivity index (χ1v) is 8.32. The molecule has 2 N–H and O–H groups in total. The fourth-order valence-corrected chi connectivity index (χ4v) is 2.30. The fourth-order valence-electron chi connectivity index (χ4n) is 1.80. The van der Waals surface area contributed by atoms with Gasteiger partial charge in [-0.2, -0.15) is 0 Å². The van der Waals surface area contributed by atoms with E-state index in [1.807, 2.05) is 13.0 Å². The van der Waals surface area contributed by atoms with Gasteiger partial charge < -0.3 is 4.74 Å². The molecule has 1 unspecified atom stereocenters. The van der Waals surface area contributed by atoms with E-state index in [0.717, 1.165) is 10.0 Å². The van der Waals surface area contributed by atoms with Crippen LogP contribution in [0.3, 0.4) is 0 Å². The van der Waals surface area contributed by atoms with E-state index in [-0.39, 0.29) is 0 Å². The van der Waals surface area contributed by atoms with E-state index in [1.54, 1.807) is 43.3 Å². The average Bonchev–Trinajstić information content (AvgIpc) is 2.56. The summed E-state index contributed by atoms with van der Waals surface area (Å²) >= 11 is 9.15. The largest absolute Gasteiger partial charge is 0.481 e. The summed E-state index contributed by atoms with van der Waals surface area (Å²) in [7, 11) is 0. The first-order chi connectivity index (χ1) is 11.4. The Kier molecular flexibility index (Phi) is 6.23. The van der Waals surface area contributed by atoms with Crippen LogP contribution in [0.25, 0.3) is 0 Å². The molecule has 0 saturated heterocycles. The molecule has 24 heavy (non-hydrogen) atoms. The fraction of sp³-hybridized carbons (Fsp3) is 0.176. The summed E-state index contributed by atoms with van der Waals surface area (Å²) < 4.78 is 6.29. The smallest absolute Gasteiger partial charge is 0.279 e. The molecule has 0 spiro atoms. The van der Waals surface area contributed by atoms with Crippen LogP contribution < -0.4 is 15.6 Å². The molecule has 0 aliphatic rings. The Labute approximate surface area is 153 Å². The van der Waals surface area contributed by atoms with E-state index in [0.29, 0.717) is 16.3 Å². The van der Waals surface area contributed by atoms with E-state index < -0.39 is 17.9 Å². The number of amides is 2. The van der Waals surface area contributed by atoms with Gasteiger partial charge in [-0.1, -0.05) is 33.6 Å². The molecule has 2 amide bonds. The number of carbonyl (C=O) groups excluding carboxylic acids is 2. The Morgan fingerprint density at radius 3 is 2.42 bits per heavy atom. The lowest BCUT2D eigenvalue weighted by Gasteiger charge is -2.15. The summed E-state index contributed by atoms with van der Waals surface area (Å²) in [5, 5.41) is 0.580. The van der Waals surface area contributed by atoms with Gasteiger partial charge in [-0.3, -0.25) is 20.4 Å². The zero-order valence-corrected chi connectivity index (χ0v) is 15.4. The molecule has 7 heteroatoms. The third-order valence-corrected chi connectivity index (χ3v) is 4.34. The zero-order chi connectivity index (χ0) is 17.7. The van der Waals surface area contributed by atoms with Crippen LogP contribution in [-0.2, 0) is 4.79 Å². The van der Waals surface area contributed by atoms with Gasteiger partial charge in [-0.15, -0.1) is 0 Å². The van der Waals surface area contributed by atoms with E-state index in [4.69, 9.17) is 16.3 Å². The lowest BCUT2D eigenvalue weighted by Crippen LogP contribution is -2.47. The van der Waals surface area contributed by atoms with Crippen molar-refractivity contribution < 1.29 is 14.3 Å². The van der Waals surface area contributed by atoms with Crippen LogP contribution in [0.4, 0.5) is 0 Å². The number of aryl methyl sites for hydroxylation is 1. The molecule has 126 valence electrons. The van der Waals surface area contributed by atoms with E-state index in [9.17, 15) is 9.59 Å². The second kappa shape index (κ2) is 8.17. The number of hydrazine groups is 1. The molecule has 0 fully saturated rings. The molecule has 2 aromatic carbocycles. The number of rotatable bonds is 4. The Hall–Kier alpha value is -2.05. The molecule has 0 aliphatic carbocycles. The summed E-state index contributed by atoms with van der Waals surface area (Å²) in [6.45, 7) is 3.50. The quantitative estimate of drug-likeness (QED) is 0.755. The van der Waals surface area contributed by atoms with Gasteiger partial charge in [0.25, 0.3) is 11.8 Å². The molecule has 0 heterocycles.